The Balaban J connectivity index is 1.24. The lowest BCUT2D eigenvalue weighted by Gasteiger charge is -2.38. The molecular weight excluding hydrogens is 326 g/mol. The third-order valence-electron chi connectivity index (χ3n) is 6.15. The van der Waals surface area contributed by atoms with Gasteiger partial charge in [0, 0.05) is 37.9 Å². The molecule has 0 bridgehead atoms. The van der Waals surface area contributed by atoms with Crippen LogP contribution in [-0.2, 0) is 0 Å². The van der Waals surface area contributed by atoms with Gasteiger partial charge < -0.3 is 15.0 Å². The summed E-state index contributed by atoms with van der Waals surface area (Å²) in [6, 6.07) is 8.58. The topological polar surface area (TPSA) is 44.8 Å². The van der Waals surface area contributed by atoms with Crippen molar-refractivity contribution < 1.29 is 9.53 Å². The maximum atomic E-state index is 12.5. The van der Waals surface area contributed by atoms with Crippen molar-refractivity contribution >= 4 is 11.7 Å². The molecule has 3 aliphatic rings. The van der Waals surface area contributed by atoms with Gasteiger partial charge in [-0.15, -0.1) is 0 Å². The molecule has 2 amide bonds. The fraction of sp³-hybridized carbons (Fsp3) is 0.667. The van der Waals surface area contributed by atoms with E-state index in [-0.39, 0.29) is 6.03 Å². The molecule has 0 radical (unpaired) electrons. The SMILES string of the molecule is O=C(Nc1ccc(OC2CCCC2)cc1)N1CCN(C2CCCC2)CC1. The van der Waals surface area contributed by atoms with Crippen LogP contribution in [0.15, 0.2) is 24.3 Å². The van der Waals surface area contributed by atoms with Crippen molar-refractivity contribution in [1.29, 1.82) is 0 Å². The lowest BCUT2D eigenvalue weighted by atomic mass is 10.2. The lowest BCUT2D eigenvalue weighted by Crippen LogP contribution is -2.52. The zero-order chi connectivity index (χ0) is 17.8. The maximum Gasteiger partial charge on any atom is 0.321 e. The van der Waals surface area contributed by atoms with Gasteiger partial charge in [-0.3, -0.25) is 4.90 Å². The van der Waals surface area contributed by atoms with E-state index in [9.17, 15) is 4.79 Å². The van der Waals surface area contributed by atoms with Crippen molar-refractivity contribution in [3.63, 3.8) is 0 Å². The van der Waals surface area contributed by atoms with Crippen LogP contribution < -0.4 is 10.1 Å². The molecule has 0 aromatic heterocycles. The van der Waals surface area contributed by atoms with Crippen molar-refractivity contribution in [3.8, 4) is 5.75 Å². The van der Waals surface area contributed by atoms with Gasteiger partial charge in [-0.25, -0.2) is 4.79 Å². The number of anilines is 1. The molecule has 4 rings (SSSR count). The molecule has 1 N–H and O–H groups in total. The summed E-state index contributed by atoms with van der Waals surface area (Å²) in [4.78, 5) is 17.0. The van der Waals surface area contributed by atoms with Crippen LogP contribution in [0.1, 0.15) is 51.4 Å². The first-order valence-electron chi connectivity index (χ1n) is 10.3. The van der Waals surface area contributed by atoms with Gasteiger partial charge in [0.2, 0.25) is 0 Å². The minimum absolute atomic E-state index is 0.0144. The van der Waals surface area contributed by atoms with Crippen molar-refractivity contribution in [2.45, 2.75) is 63.5 Å². The molecule has 1 aromatic rings. The molecule has 5 heteroatoms. The Morgan fingerprint density at radius 2 is 1.50 bits per heavy atom. The number of piperazine rings is 1. The Labute approximate surface area is 156 Å². The minimum atomic E-state index is 0.0144. The van der Waals surface area contributed by atoms with Gasteiger partial charge in [0.1, 0.15) is 5.75 Å². The third-order valence-corrected chi connectivity index (χ3v) is 6.15. The molecule has 0 unspecified atom stereocenters. The van der Waals surface area contributed by atoms with Crippen LogP contribution in [0, 0.1) is 0 Å². The number of urea groups is 1. The number of carbonyl (C=O) groups excluding carboxylic acids is 1. The van der Waals surface area contributed by atoms with Gasteiger partial charge in [0.05, 0.1) is 6.10 Å². The average molecular weight is 357 g/mol. The highest BCUT2D eigenvalue weighted by molar-refractivity contribution is 5.89. The molecule has 1 heterocycles. The average Bonchev–Trinajstić information content (AvgIpc) is 3.37. The first-order chi connectivity index (χ1) is 12.8. The maximum absolute atomic E-state index is 12.5. The number of hydrogen-bond acceptors (Lipinski definition) is 3. The number of ether oxygens (including phenoxy) is 1. The van der Waals surface area contributed by atoms with Gasteiger partial charge in [-0.1, -0.05) is 12.8 Å². The van der Waals surface area contributed by atoms with E-state index >= 15 is 0 Å². The van der Waals surface area contributed by atoms with Crippen molar-refractivity contribution in [3.05, 3.63) is 24.3 Å². The van der Waals surface area contributed by atoms with Crippen molar-refractivity contribution in [1.82, 2.24) is 9.80 Å². The van der Waals surface area contributed by atoms with E-state index in [1.54, 1.807) is 0 Å². The zero-order valence-electron chi connectivity index (χ0n) is 15.7. The fourth-order valence-corrected chi connectivity index (χ4v) is 4.58. The molecule has 1 aliphatic heterocycles. The van der Waals surface area contributed by atoms with Crippen LogP contribution in [0.2, 0.25) is 0 Å². The molecule has 0 atom stereocenters. The van der Waals surface area contributed by atoms with E-state index in [4.69, 9.17) is 4.74 Å². The second-order valence-corrected chi connectivity index (χ2v) is 7.94. The van der Waals surface area contributed by atoms with E-state index in [0.29, 0.717) is 6.10 Å². The van der Waals surface area contributed by atoms with Crippen LogP contribution in [0.4, 0.5) is 10.5 Å². The van der Waals surface area contributed by atoms with Crippen LogP contribution in [-0.4, -0.2) is 54.2 Å². The lowest BCUT2D eigenvalue weighted by molar-refractivity contribution is 0.115. The molecule has 0 spiro atoms. The Kier molecular flexibility index (Phi) is 5.63. The smallest absolute Gasteiger partial charge is 0.321 e. The van der Waals surface area contributed by atoms with Crippen LogP contribution >= 0.6 is 0 Å². The van der Waals surface area contributed by atoms with Gasteiger partial charge in [0.25, 0.3) is 0 Å². The first-order valence-corrected chi connectivity index (χ1v) is 10.3. The van der Waals surface area contributed by atoms with E-state index in [2.05, 4.69) is 10.2 Å². The Hall–Kier alpha value is -1.75. The second-order valence-electron chi connectivity index (χ2n) is 7.94. The predicted molar refractivity (Wildman–Crippen MR) is 104 cm³/mol. The molecule has 1 saturated heterocycles. The summed E-state index contributed by atoms with van der Waals surface area (Å²) in [5.41, 5.74) is 0.840. The summed E-state index contributed by atoms with van der Waals surface area (Å²) in [5.74, 6) is 0.903. The standard InChI is InChI=1S/C21H31N3O2/c25-21(24-15-13-23(14-16-24)18-5-1-2-6-18)22-17-9-11-20(12-10-17)26-19-7-3-4-8-19/h9-12,18-19H,1-8,13-16H2,(H,22,25). The molecule has 2 saturated carbocycles. The Bertz CT molecular complexity index is 584. The Morgan fingerprint density at radius 3 is 2.15 bits per heavy atom. The number of amides is 2. The molecule has 26 heavy (non-hydrogen) atoms. The zero-order valence-corrected chi connectivity index (χ0v) is 15.7. The summed E-state index contributed by atoms with van der Waals surface area (Å²) < 4.78 is 5.98. The number of benzene rings is 1. The van der Waals surface area contributed by atoms with Gasteiger partial charge >= 0.3 is 6.03 Å². The monoisotopic (exact) mass is 357 g/mol. The van der Waals surface area contributed by atoms with Crippen LogP contribution in [0.25, 0.3) is 0 Å². The second kappa shape index (κ2) is 8.30. The highest BCUT2D eigenvalue weighted by Crippen LogP contribution is 2.26. The number of hydrogen-bond donors (Lipinski definition) is 1. The first kappa shape index (κ1) is 17.7. The summed E-state index contributed by atoms with van der Waals surface area (Å²) in [7, 11) is 0. The highest BCUT2D eigenvalue weighted by atomic mass is 16.5. The fourth-order valence-electron chi connectivity index (χ4n) is 4.58. The minimum Gasteiger partial charge on any atom is -0.490 e. The largest absolute Gasteiger partial charge is 0.490 e. The Morgan fingerprint density at radius 1 is 0.885 bits per heavy atom. The van der Waals surface area contributed by atoms with Gasteiger partial charge in [-0.2, -0.15) is 0 Å². The van der Waals surface area contributed by atoms with E-state index in [0.717, 1.165) is 56.5 Å². The number of carbonyl (C=O) groups is 1. The van der Waals surface area contributed by atoms with Crippen LogP contribution in [0.3, 0.4) is 0 Å². The van der Waals surface area contributed by atoms with Gasteiger partial charge in [0.15, 0.2) is 0 Å². The molecular formula is C21H31N3O2. The summed E-state index contributed by atoms with van der Waals surface area (Å²) in [5, 5.41) is 3.03. The molecule has 1 aromatic carbocycles. The summed E-state index contributed by atoms with van der Waals surface area (Å²) in [6.45, 7) is 3.66. The molecule has 3 fully saturated rings. The van der Waals surface area contributed by atoms with E-state index in [1.165, 1.54) is 38.5 Å². The predicted octanol–water partition coefficient (Wildman–Crippen LogP) is 4.10. The molecule has 2 aliphatic carbocycles. The molecule has 142 valence electrons. The van der Waals surface area contributed by atoms with Gasteiger partial charge in [-0.05, 0) is 62.8 Å². The third kappa shape index (κ3) is 4.32. The number of rotatable bonds is 4. The normalized spacial score (nSPS) is 22.7. The van der Waals surface area contributed by atoms with E-state index in [1.807, 2.05) is 29.2 Å². The molecule has 5 nitrogen and oxygen atoms in total. The van der Waals surface area contributed by atoms with Crippen molar-refractivity contribution in [2.24, 2.45) is 0 Å². The number of nitrogens with zero attached hydrogens (tertiary/aromatic N) is 2. The van der Waals surface area contributed by atoms with Crippen molar-refractivity contribution in [2.75, 3.05) is 31.5 Å². The summed E-state index contributed by atoms with van der Waals surface area (Å²) in [6.07, 6.45) is 10.6. The number of nitrogens with one attached hydrogen (secondary N) is 1. The van der Waals surface area contributed by atoms with E-state index < -0.39 is 0 Å². The van der Waals surface area contributed by atoms with Crippen LogP contribution in [0.5, 0.6) is 5.75 Å². The quantitative estimate of drug-likeness (QED) is 0.882. The summed E-state index contributed by atoms with van der Waals surface area (Å²) >= 11 is 0. The highest BCUT2D eigenvalue weighted by Gasteiger charge is 2.27.